The molecule has 0 radical (unpaired) electrons. The molecule has 2 atom stereocenters. The molecule has 0 aromatic carbocycles. The van der Waals surface area contributed by atoms with Gasteiger partial charge in [0.25, 0.3) is 0 Å². The molecule has 0 aliphatic carbocycles. The average Bonchev–Trinajstić information content (AvgIpc) is 2.14. The molecule has 18 heavy (non-hydrogen) atoms. The van der Waals surface area contributed by atoms with Gasteiger partial charge in [-0.05, 0) is 38.3 Å². The molecule has 4 nitrogen and oxygen atoms in total. The van der Waals surface area contributed by atoms with Crippen molar-refractivity contribution in [1.82, 2.24) is 9.80 Å². The number of nitrogens with two attached hydrogens (primary N) is 2. The maximum atomic E-state index is 5.62. The van der Waals surface area contributed by atoms with Gasteiger partial charge in [0.15, 0.2) is 10.2 Å². The lowest BCUT2D eigenvalue weighted by Gasteiger charge is -2.38. The predicted octanol–water partition coefficient (Wildman–Crippen LogP) is 1.28. The Kier molecular flexibility index (Phi) is 7.87. The topological polar surface area (TPSA) is 58.5 Å². The van der Waals surface area contributed by atoms with Crippen molar-refractivity contribution in [3.8, 4) is 0 Å². The van der Waals surface area contributed by atoms with Crippen molar-refractivity contribution in [2.24, 2.45) is 11.5 Å². The molecule has 102 valence electrons. The molecule has 2 unspecified atom stereocenters. The summed E-state index contributed by atoms with van der Waals surface area (Å²) in [6, 6.07) is -0.418. The lowest BCUT2D eigenvalue weighted by Crippen LogP contribution is -2.56. The van der Waals surface area contributed by atoms with E-state index in [1.165, 1.54) is 9.80 Å². The summed E-state index contributed by atoms with van der Waals surface area (Å²) in [5, 5.41) is 0.254. The van der Waals surface area contributed by atoms with Crippen molar-refractivity contribution in [3.63, 3.8) is 0 Å². The van der Waals surface area contributed by atoms with Gasteiger partial charge in [0.2, 0.25) is 0 Å². The van der Waals surface area contributed by atoms with Crippen molar-refractivity contribution in [1.29, 1.82) is 0 Å². The van der Waals surface area contributed by atoms with Gasteiger partial charge in [0, 0.05) is 0 Å². The second-order valence-corrected chi connectivity index (χ2v) is 6.53. The van der Waals surface area contributed by atoms with Gasteiger partial charge < -0.3 is 11.5 Å². The Hall–Kier alpha value is 0.260. The van der Waals surface area contributed by atoms with Crippen LogP contribution in [-0.2, 0) is 0 Å². The predicted molar refractivity (Wildman–Crippen MR) is 99.3 cm³/mol. The van der Waals surface area contributed by atoms with Gasteiger partial charge in [-0.25, -0.2) is 0 Å². The second-order valence-electron chi connectivity index (χ2n) is 3.46. The van der Waals surface area contributed by atoms with Crippen molar-refractivity contribution >= 4 is 93.0 Å². The quantitative estimate of drug-likeness (QED) is 0.445. The Labute approximate surface area is 139 Å². The summed E-state index contributed by atoms with van der Waals surface area (Å²) >= 11 is 28.1. The smallest absolute Gasteiger partial charge is 0.172 e. The molecule has 0 saturated heterocycles. The summed E-state index contributed by atoms with van der Waals surface area (Å²) in [6.07, 6.45) is 0. The molecule has 0 saturated carbocycles. The SMILES string of the molecule is CC(C(C)N(C(N)=S)C(=S)S)N(C(N)=S)C(=S)S. The van der Waals surface area contributed by atoms with E-state index in [2.05, 4.69) is 25.3 Å². The fraction of sp³-hybridized carbons (Fsp3) is 0.500. The maximum Gasteiger partial charge on any atom is 0.172 e. The third-order valence-electron chi connectivity index (χ3n) is 2.40. The number of hydrogen-bond donors (Lipinski definition) is 4. The Morgan fingerprint density at radius 1 is 0.833 bits per heavy atom. The Balaban J connectivity index is 5.22. The highest BCUT2D eigenvalue weighted by atomic mass is 32.1. The summed E-state index contributed by atoms with van der Waals surface area (Å²) in [5.74, 6) is 0. The van der Waals surface area contributed by atoms with E-state index < -0.39 is 0 Å². The maximum absolute atomic E-state index is 5.62. The van der Waals surface area contributed by atoms with Crippen molar-refractivity contribution < 1.29 is 0 Å². The number of hydrogen-bond acceptors (Lipinski definition) is 4. The molecular formula is C8H14N4S6. The van der Waals surface area contributed by atoms with E-state index in [4.69, 9.17) is 60.3 Å². The molecule has 0 aliphatic rings. The number of rotatable bonds is 3. The van der Waals surface area contributed by atoms with Crippen LogP contribution in [0.25, 0.3) is 0 Å². The zero-order valence-electron chi connectivity index (χ0n) is 9.73. The van der Waals surface area contributed by atoms with Crippen LogP contribution in [0.4, 0.5) is 0 Å². The average molecular weight is 359 g/mol. The van der Waals surface area contributed by atoms with Gasteiger partial charge >= 0.3 is 0 Å². The number of thiol groups is 2. The normalized spacial score (nSPS) is 13.3. The molecular weight excluding hydrogens is 345 g/mol. The fourth-order valence-electron chi connectivity index (χ4n) is 1.37. The van der Waals surface area contributed by atoms with Crippen LogP contribution >= 0.6 is 74.1 Å². The molecule has 0 aromatic heterocycles. The second kappa shape index (κ2) is 7.75. The summed E-state index contributed by atoms with van der Waals surface area (Å²) in [7, 11) is 0. The summed E-state index contributed by atoms with van der Waals surface area (Å²) < 4.78 is 0.546. The molecule has 0 spiro atoms. The van der Waals surface area contributed by atoms with Gasteiger partial charge in [-0.1, -0.05) is 24.4 Å². The summed E-state index contributed by atoms with van der Waals surface area (Å²) in [6.45, 7) is 3.73. The van der Waals surface area contributed by atoms with E-state index >= 15 is 0 Å². The van der Waals surface area contributed by atoms with E-state index in [1.807, 2.05) is 13.8 Å². The van der Waals surface area contributed by atoms with E-state index in [0.717, 1.165) is 0 Å². The fourth-order valence-corrected chi connectivity index (χ4v) is 3.24. The van der Waals surface area contributed by atoms with Crippen LogP contribution in [0.2, 0.25) is 0 Å². The third kappa shape index (κ3) is 4.74. The van der Waals surface area contributed by atoms with Crippen molar-refractivity contribution in [3.05, 3.63) is 0 Å². The van der Waals surface area contributed by atoms with Crippen LogP contribution in [0.5, 0.6) is 0 Å². The first-order chi connectivity index (χ1) is 8.11. The lowest BCUT2D eigenvalue weighted by molar-refractivity contribution is 0.322. The van der Waals surface area contributed by atoms with Gasteiger partial charge in [0.1, 0.15) is 8.64 Å². The first-order valence-corrected chi connectivity index (χ1v) is 7.27. The van der Waals surface area contributed by atoms with E-state index in [1.54, 1.807) is 0 Å². The molecule has 4 N–H and O–H groups in total. The van der Waals surface area contributed by atoms with Crippen molar-refractivity contribution in [2.45, 2.75) is 25.9 Å². The molecule has 0 fully saturated rings. The zero-order chi connectivity index (χ0) is 14.6. The molecule has 0 heterocycles. The number of nitrogens with zero attached hydrogens (tertiary/aromatic N) is 2. The van der Waals surface area contributed by atoms with Crippen LogP contribution < -0.4 is 11.5 Å². The standard InChI is InChI=1S/C8H14N4S6/c1-3(11(5(9)13)7(15)16)4(2)12(6(10)14)8(17)18/h3-4H,1-2H3,(H2,9,13)(H2,10,14)(H,15,16)(H,17,18). The summed E-state index contributed by atoms with van der Waals surface area (Å²) in [4.78, 5) is 3.05. The summed E-state index contributed by atoms with van der Waals surface area (Å²) in [5.41, 5.74) is 11.2. The van der Waals surface area contributed by atoms with Gasteiger partial charge in [-0.15, -0.1) is 25.3 Å². The molecule has 10 heteroatoms. The molecule has 0 aliphatic heterocycles. The lowest BCUT2D eigenvalue weighted by atomic mass is 10.1. The third-order valence-corrected chi connectivity index (χ3v) is 3.62. The highest BCUT2D eigenvalue weighted by Crippen LogP contribution is 2.15. The Bertz CT molecular complexity index is 320. The number of thiocarbonyl (C=S) groups is 4. The van der Waals surface area contributed by atoms with Crippen LogP contribution in [0.3, 0.4) is 0 Å². The largest absolute Gasteiger partial charge is 0.376 e. The highest BCUT2D eigenvalue weighted by Gasteiger charge is 2.29. The van der Waals surface area contributed by atoms with Crippen molar-refractivity contribution in [2.75, 3.05) is 0 Å². The van der Waals surface area contributed by atoms with Crippen LogP contribution in [0.15, 0.2) is 0 Å². The van der Waals surface area contributed by atoms with Crippen LogP contribution in [-0.4, -0.2) is 40.7 Å². The first-order valence-electron chi connectivity index (χ1n) is 4.74. The van der Waals surface area contributed by atoms with E-state index in [9.17, 15) is 0 Å². The zero-order valence-corrected chi connectivity index (χ0v) is 14.8. The molecule has 0 bridgehead atoms. The molecule has 0 amide bonds. The minimum absolute atomic E-state index is 0.127. The monoisotopic (exact) mass is 358 g/mol. The Morgan fingerprint density at radius 2 is 1.06 bits per heavy atom. The van der Waals surface area contributed by atoms with Crippen LogP contribution in [0.1, 0.15) is 13.8 Å². The van der Waals surface area contributed by atoms with Gasteiger partial charge in [-0.3, -0.25) is 9.80 Å². The minimum atomic E-state index is -0.209. The Morgan fingerprint density at radius 3 is 1.17 bits per heavy atom. The minimum Gasteiger partial charge on any atom is -0.376 e. The molecule has 0 rings (SSSR count). The van der Waals surface area contributed by atoms with Gasteiger partial charge in [0.05, 0.1) is 12.1 Å². The first kappa shape index (κ1) is 18.3. The van der Waals surface area contributed by atoms with E-state index in [0.29, 0.717) is 0 Å². The van der Waals surface area contributed by atoms with Crippen LogP contribution in [0, 0.1) is 0 Å². The molecule has 0 aromatic rings. The van der Waals surface area contributed by atoms with Gasteiger partial charge in [-0.2, -0.15) is 0 Å². The van der Waals surface area contributed by atoms with E-state index in [-0.39, 0.29) is 30.9 Å². The highest BCUT2D eigenvalue weighted by molar-refractivity contribution is 8.11.